The Balaban J connectivity index is 0. The molecule has 0 amide bonds. The second-order valence-corrected chi connectivity index (χ2v) is 7.29. The molecular formula is C17H38O5S. The van der Waals surface area contributed by atoms with E-state index >= 15 is 0 Å². The summed E-state index contributed by atoms with van der Waals surface area (Å²) in [6.45, 7) is 5.08. The lowest BCUT2D eigenvalue weighted by Crippen LogP contribution is -1.94. The second-order valence-electron chi connectivity index (χ2n) is 6.39. The fourth-order valence-corrected chi connectivity index (χ4v) is 2.55. The highest BCUT2D eigenvalue weighted by atomic mass is 32.3. The van der Waals surface area contributed by atoms with Crippen LogP contribution in [0.3, 0.4) is 0 Å². The van der Waals surface area contributed by atoms with Gasteiger partial charge >= 0.3 is 10.4 Å². The fourth-order valence-electron chi connectivity index (χ4n) is 2.55. The Labute approximate surface area is 143 Å². The highest BCUT2D eigenvalue weighted by Gasteiger charge is 2.01. The fraction of sp³-hybridized carbons (Fsp3) is 1.00. The Kier molecular flexibility index (Phi) is 19.8. The Bertz CT molecular complexity index is 309. The van der Waals surface area contributed by atoms with Crippen molar-refractivity contribution in [2.75, 3.05) is 6.61 Å². The molecule has 0 aromatic heterocycles. The van der Waals surface area contributed by atoms with Gasteiger partial charge in [0.25, 0.3) is 0 Å². The quantitative estimate of drug-likeness (QED) is 0.299. The van der Waals surface area contributed by atoms with Gasteiger partial charge in [-0.15, -0.1) is 0 Å². The predicted molar refractivity (Wildman–Crippen MR) is 96.1 cm³/mol. The van der Waals surface area contributed by atoms with Crippen LogP contribution < -0.4 is 0 Å². The summed E-state index contributed by atoms with van der Waals surface area (Å²) in [6.07, 6.45) is 17.6. The van der Waals surface area contributed by atoms with Gasteiger partial charge < -0.3 is 5.11 Å². The van der Waals surface area contributed by atoms with Crippen LogP contribution in [-0.4, -0.2) is 29.2 Å². The molecule has 5 nitrogen and oxygen atoms in total. The summed E-state index contributed by atoms with van der Waals surface area (Å²) in [7, 11) is -4.67. The lowest BCUT2D eigenvalue weighted by atomic mass is 9.96. The molecule has 0 aromatic rings. The van der Waals surface area contributed by atoms with E-state index in [-0.39, 0.29) is 0 Å². The molecule has 6 heteroatoms. The van der Waals surface area contributed by atoms with Crippen LogP contribution in [0, 0.1) is 5.92 Å². The smallest absolute Gasteiger partial charge is 0.394 e. The SMILES string of the molecule is CCCCCC(C)CCCCCCCCCCO.O=S(=O)(O)O. The van der Waals surface area contributed by atoms with Crippen molar-refractivity contribution in [3.63, 3.8) is 0 Å². The van der Waals surface area contributed by atoms with Crippen LogP contribution in [0.5, 0.6) is 0 Å². The van der Waals surface area contributed by atoms with Crippen LogP contribution in [0.25, 0.3) is 0 Å². The van der Waals surface area contributed by atoms with E-state index in [0.29, 0.717) is 6.61 Å². The van der Waals surface area contributed by atoms with Crippen molar-refractivity contribution < 1.29 is 22.6 Å². The van der Waals surface area contributed by atoms with Crippen molar-refractivity contribution >= 4 is 10.4 Å². The van der Waals surface area contributed by atoms with Gasteiger partial charge in [0, 0.05) is 6.61 Å². The summed E-state index contributed by atoms with van der Waals surface area (Å²) in [5.41, 5.74) is 0. The van der Waals surface area contributed by atoms with Crippen LogP contribution in [0.15, 0.2) is 0 Å². The zero-order chi connectivity index (χ0) is 18.0. The van der Waals surface area contributed by atoms with Gasteiger partial charge in [0.05, 0.1) is 0 Å². The van der Waals surface area contributed by atoms with Crippen LogP contribution >= 0.6 is 0 Å². The minimum atomic E-state index is -4.67. The molecule has 23 heavy (non-hydrogen) atoms. The van der Waals surface area contributed by atoms with E-state index in [2.05, 4.69) is 13.8 Å². The average Bonchev–Trinajstić information content (AvgIpc) is 2.44. The van der Waals surface area contributed by atoms with Gasteiger partial charge in [-0.2, -0.15) is 8.42 Å². The Morgan fingerprint density at radius 2 is 1.09 bits per heavy atom. The minimum absolute atomic E-state index is 0.371. The maximum Gasteiger partial charge on any atom is 0.394 e. The molecule has 0 heterocycles. The van der Waals surface area contributed by atoms with Crippen molar-refractivity contribution in [1.82, 2.24) is 0 Å². The molecule has 0 aromatic carbocycles. The third-order valence-corrected chi connectivity index (χ3v) is 3.91. The highest BCUT2D eigenvalue weighted by Crippen LogP contribution is 2.17. The van der Waals surface area contributed by atoms with E-state index < -0.39 is 10.4 Å². The van der Waals surface area contributed by atoms with Gasteiger partial charge in [-0.3, -0.25) is 9.11 Å². The second kappa shape index (κ2) is 18.2. The molecular weight excluding hydrogens is 316 g/mol. The predicted octanol–water partition coefficient (Wildman–Crippen LogP) is 5.05. The van der Waals surface area contributed by atoms with Crippen molar-refractivity contribution in [1.29, 1.82) is 0 Å². The summed E-state index contributed by atoms with van der Waals surface area (Å²) < 4.78 is 31.6. The van der Waals surface area contributed by atoms with Crippen LogP contribution in [0.1, 0.15) is 97.3 Å². The van der Waals surface area contributed by atoms with Crippen LogP contribution in [-0.2, 0) is 10.4 Å². The average molecular weight is 355 g/mol. The standard InChI is InChI=1S/C17H36O.H2O4S/c1-3-4-11-14-17(2)15-12-9-7-5-6-8-10-13-16-18;1-5(2,3)4/h17-18H,3-16H2,1-2H3;(H2,1,2,3,4). The first-order valence-electron chi connectivity index (χ1n) is 9.12. The van der Waals surface area contributed by atoms with E-state index in [4.69, 9.17) is 22.6 Å². The van der Waals surface area contributed by atoms with Crippen LogP contribution in [0.2, 0.25) is 0 Å². The van der Waals surface area contributed by atoms with Gasteiger partial charge in [-0.1, -0.05) is 90.9 Å². The molecule has 142 valence electrons. The first kappa shape index (κ1) is 25.1. The zero-order valence-electron chi connectivity index (χ0n) is 15.0. The molecule has 0 spiro atoms. The normalized spacial score (nSPS) is 12.6. The molecule has 1 unspecified atom stereocenters. The molecule has 0 saturated heterocycles. The van der Waals surface area contributed by atoms with Gasteiger partial charge in [0.15, 0.2) is 0 Å². The monoisotopic (exact) mass is 354 g/mol. The lowest BCUT2D eigenvalue weighted by molar-refractivity contribution is 0.282. The summed E-state index contributed by atoms with van der Waals surface area (Å²) in [5.74, 6) is 0.945. The largest absolute Gasteiger partial charge is 0.396 e. The van der Waals surface area contributed by atoms with Crippen molar-refractivity contribution in [2.45, 2.75) is 97.3 Å². The van der Waals surface area contributed by atoms with Crippen molar-refractivity contribution in [3.05, 3.63) is 0 Å². The summed E-state index contributed by atoms with van der Waals surface area (Å²) in [4.78, 5) is 0. The number of hydrogen-bond donors (Lipinski definition) is 3. The first-order valence-corrected chi connectivity index (χ1v) is 10.5. The van der Waals surface area contributed by atoms with E-state index in [1.165, 1.54) is 77.0 Å². The number of unbranched alkanes of at least 4 members (excludes halogenated alkanes) is 9. The van der Waals surface area contributed by atoms with Crippen LogP contribution in [0.4, 0.5) is 0 Å². The van der Waals surface area contributed by atoms with Gasteiger partial charge in [-0.25, -0.2) is 0 Å². The van der Waals surface area contributed by atoms with E-state index in [9.17, 15) is 0 Å². The Morgan fingerprint density at radius 3 is 1.48 bits per heavy atom. The van der Waals surface area contributed by atoms with E-state index in [1.54, 1.807) is 0 Å². The number of hydrogen-bond acceptors (Lipinski definition) is 3. The third-order valence-electron chi connectivity index (χ3n) is 3.91. The lowest BCUT2D eigenvalue weighted by Gasteiger charge is -2.10. The van der Waals surface area contributed by atoms with Gasteiger partial charge in [0.1, 0.15) is 0 Å². The van der Waals surface area contributed by atoms with Gasteiger partial charge in [-0.05, 0) is 12.3 Å². The molecule has 0 aliphatic carbocycles. The third kappa shape index (κ3) is 34.3. The maximum atomic E-state index is 8.74. The summed E-state index contributed by atoms with van der Waals surface area (Å²) in [6, 6.07) is 0. The van der Waals surface area contributed by atoms with Gasteiger partial charge in [0.2, 0.25) is 0 Å². The number of aliphatic hydroxyl groups is 1. The van der Waals surface area contributed by atoms with Crippen molar-refractivity contribution in [2.24, 2.45) is 5.92 Å². The van der Waals surface area contributed by atoms with Crippen molar-refractivity contribution in [3.8, 4) is 0 Å². The Hall–Kier alpha value is -0.170. The van der Waals surface area contributed by atoms with E-state index in [0.717, 1.165) is 12.3 Å². The summed E-state index contributed by atoms with van der Waals surface area (Å²) >= 11 is 0. The zero-order valence-corrected chi connectivity index (χ0v) is 15.9. The molecule has 0 saturated carbocycles. The molecule has 1 atom stereocenters. The molecule has 0 bridgehead atoms. The molecule has 3 N–H and O–H groups in total. The maximum absolute atomic E-state index is 8.74. The molecule has 0 radical (unpaired) electrons. The summed E-state index contributed by atoms with van der Waals surface area (Å²) in [5, 5.41) is 8.67. The number of rotatable bonds is 14. The highest BCUT2D eigenvalue weighted by molar-refractivity contribution is 7.79. The Morgan fingerprint density at radius 1 is 0.739 bits per heavy atom. The van der Waals surface area contributed by atoms with E-state index in [1.807, 2.05) is 0 Å². The molecule has 0 aliphatic rings. The minimum Gasteiger partial charge on any atom is -0.396 e. The molecule has 0 aliphatic heterocycles. The molecule has 0 fully saturated rings. The molecule has 0 rings (SSSR count). The first-order chi connectivity index (χ1) is 10.8. The topological polar surface area (TPSA) is 94.8 Å². The number of aliphatic hydroxyl groups excluding tert-OH is 1.